The number of carbonyl (C=O) groups excluding carboxylic acids is 3. The van der Waals surface area contributed by atoms with Crippen molar-refractivity contribution in [3.8, 4) is 0 Å². The van der Waals surface area contributed by atoms with Gasteiger partial charge in [0.1, 0.15) is 13.2 Å². The van der Waals surface area contributed by atoms with Gasteiger partial charge in [-0.1, -0.05) is 298 Å². The summed E-state index contributed by atoms with van der Waals surface area (Å²) in [7, 11) is 0. The summed E-state index contributed by atoms with van der Waals surface area (Å²) < 4.78 is 16.9. The van der Waals surface area contributed by atoms with Crippen molar-refractivity contribution in [2.24, 2.45) is 17.8 Å². The second-order valence-electron chi connectivity index (χ2n) is 22.2. The van der Waals surface area contributed by atoms with Crippen molar-refractivity contribution >= 4 is 17.9 Å². The van der Waals surface area contributed by atoms with Gasteiger partial charge in [0.05, 0.1) is 0 Å². The molecule has 0 saturated carbocycles. The largest absolute Gasteiger partial charge is 0.462 e. The van der Waals surface area contributed by atoms with Crippen LogP contribution in [0.5, 0.6) is 0 Å². The van der Waals surface area contributed by atoms with Gasteiger partial charge >= 0.3 is 17.9 Å². The fraction of sp³-hybridized carbons (Fsp3) is 0.951. The quantitative estimate of drug-likeness (QED) is 0.0343. The van der Waals surface area contributed by atoms with Crippen molar-refractivity contribution in [2.45, 2.75) is 343 Å². The molecule has 398 valence electrons. The summed E-state index contributed by atoms with van der Waals surface area (Å²) in [5.74, 6) is 1.71. The predicted molar refractivity (Wildman–Crippen MR) is 289 cm³/mol. The monoisotopic (exact) mass is 947 g/mol. The summed E-state index contributed by atoms with van der Waals surface area (Å²) in [4.78, 5) is 38.2. The number of esters is 3. The van der Waals surface area contributed by atoms with Crippen LogP contribution in [-0.4, -0.2) is 37.2 Å². The maximum atomic E-state index is 12.9. The van der Waals surface area contributed by atoms with Gasteiger partial charge in [-0.3, -0.25) is 14.4 Å². The minimum absolute atomic E-state index is 0.0634. The third-order valence-corrected chi connectivity index (χ3v) is 14.3. The Morgan fingerprint density at radius 2 is 0.522 bits per heavy atom. The Bertz CT molecular complexity index is 1040. The van der Waals surface area contributed by atoms with Crippen molar-refractivity contribution in [3.05, 3.63) is 0 Å². The van der Waals surface area contributed by atoms with Gasteiger partial charge in [-0.15, -0.1) is 0 Å². The highest BCUT2D eigenvalue weighted by molar-refractivity contribution is 5.71. The number of unbranched alkanes of at least 4 members (excludes halogenated alkanes) is 36. The smallest absolute Gasteiger partial charge is 0.306 e. The van der Waals surface area contributed by atoms with E-state index in [9.17, 15) is 14.4 Å². The molecule has 6 heteroatoms. The Morgan fingerprint density at radius 1 is 0.299 bits per heavy atom. The molecule has 67 heavy (non-hydrogen) atoms. The van der Waals surface area contributed by atoms with Crippen LogP contribution in [-0.2, 0) is 28.6 Å². The topological polar surface area (TPSA) is 78.9 Å². The third kappa shape index (κ3) is 53.6. The van der Waals surface area contributed by atoms with E-state index in [0.717, 1.165) is 75.5 Å². The van der Waals surface area contributed by atoms with Gasteiger partial charge in [-0.2, -0.15) is 0 Å². The first-order valence-electron chi connectivity index (χ1n) is 30.1. The minimum atomic E-state index is -0.764. The van der Waals surface area contributed by atoms with E-state index in [1.807, 2.05) is 0 Å². The van der Waals surface area contributed by atoms with Crippen molar-refractivity contribution in [1.82, 2.24) is 0 Å². The zero-order valence-electron chi connectivity index (χ0n) is 46.2. The Morgan fingerprint density at radius 3 is 0.776 bits per heavy atom. The standard InChI is InChI=1S/C61H118O6/c1-7-57(6)49-43-37-31-25-21-22-28-34-40-46-52-61(64)67-58(54-66-60(63)51-45-39-33-27-20-16-18-24-30-36-42-48-56(4)5)53-65-59(62)50-44-38-32-26-19-15-13-11-9-8-10-12-14-17-23-29-35-41-47-55(2)3/h55-58H,7-54H2,1-6H3/t57?,58-/m0/s1. The van der Waals surface area contributed by atoms with Crippen molar-refractivity contribution < 1.29 is 28.6 Å². The van der Waals surface area contributed by atoms with Crippen molar-refractivity contribution in [2.75, 3.05) is 13.2 Å². The second-order valence-corrected chi connectivity index (χ2v) is 22.2. The maximum Gasteiger partial charge on any atom is 0.306 e. The van der Waals surface area contributed by atoms with E-state index in [-0.39, 0.29) is 31.1 Å². The first-order chi connectivity index (χ1) is 32.6. The van der Waals surface area contributed by atoms with Crippen LogP contribution in [0.3, 0.4) is 0 Å². The molecule has 1 unspecified atom stereocenters. The highest BCUT2D eigenvalue weighted by atomic mass is 16.6. The summed E-state index contributed by atoms with van der Waals surface area (Å²) >= 11 is 0. The summed E-state index contributed by atoms with van der Waals surface area (Å²) in [6.07, 6.45) is 55.2. The zero-order chi connectivity index (χ0) is 49.1. The molecule has 0 rings (SSSR count). The fourth-order valence-corrected chi connectivity index (χ4v) is 9.32. The second kappa shape index (κ2) is 52.2. The van der Waals surface area contributed by atoms with E-state index in [0.29, 0.717) is 19.3 Å². The van der Waals surface area contributed by atoms with E-state index < -0.39 is 6.10 Å². The van der Waals surface area contributed by atoms with Crippen LogP contribution < -0.4 is 0 Å². The lowest BCUT2D eigenvalue weighted by molar-refractivity contribution is -0.167. The van der Waals surface area contributed by atoms with E-state index in [1.54, 1.807) is 0 Å². The highest BCUT2D eigenvalue weighted by Gasteiger charge is 2.19. The molecule has 0 aromatic heterocycles. The van der Waals surface area contributed by atoms with Crippen LogP contribution in [0.2, 0.25) is 0 Å². The number of rotatable bonds is 54. The van der Waals surface area contributed by atoms with Gasteiger partial charge in [-0.05, 0) is 37.0 Å². The molecule has 0 aliphatic rings. The van der Waals surface area contributed by atoms with Crippen LogP contribution in [0.1, 0.15) is 337 Å². The molecule has 0 spiro atoms. The summed E-state index contributed by atoms with van der Waals surface area (Å²) in [6.45, 7) is 13.8. The van der Waals surface area contributed by atoms with Gasteiger partial charge in [-0.25, -0.2) is 0 Å². The van der Waals surface area contributed by atoms with Crippen molar-refractivity contribution in [1.29, 1.82) is 0 Å². The number of ether oxygens (including phenoxy) is 3. The molecule has 0 saturated heterocycles. The van der Waals surface area contributed by atoms with Gasteiger partial charge in [0.2, 0.25) is 0 Å². The molecule has 0 fully saturated rings. The Hall–Kier alpha value is -1.59. The summed E-state index contributed by atoms with van der Waals surface area (Å²) in [5.41, 5.74) is 0. The predicted octanol–water partition coefficient (Wildman–Crippen LogP) is 19.9. The molecule has 2 atom stereocenters. The molecule has 0 aromatic carbocycles. The first kappa shape index (κ1) is 65.4. The molecule has 0 amide bonds. The van der Waals surface area contributed by atoms with Gasteiger partial charge < -0.3 is 14.2 Å². The van der Waals surface area contributed by atoms with Crippen LogP contribution in [0.25, 0.3) is 0 Å². The molecular weight excluding hydrogens is 829 g/mol. The third-order valence-electron chi connectivity index (χ3n) is 14.3. The molecule has 0 heterocycles. The van der Waals surface area contributed by atoms with Gasteiger partial charge in [0.25, 0.3) is 0 Å². The number of hydrogen-bond donors (Lipinski definition) is 0. The molecular formula is C61H118O6. The van der Waals surface area contributed by atoms with Crippen LogP contribution >= 0.6 is 0 Å². The lowest BCUT2D eigenvalue weighted by Crippen LogP contribution is -2.30. The van der Waals surface area contributed by atoms with Gasteiger partial charge in [0.15, 0.2) is 6.10 Å². The van der Waals surface area contributed by atoms with Gasteiger partial charge in [0, 0.05) is 19.3 Å². The zero-order valence-corrected chi connectivity index (χ0v) is 46.2. The lowest BCUT2D eigenvalue weighted by atomic mass is 9.99. The average Bonchev–Trinajstić information content (AvgIpc) is 3.30. The number of carbonyl (C=O) groups is 3. The average molecular weight is 948 g/mol. The molecule has 0 N–H and O–H groups in total. The van der Waals surface area contributed by atoms with E-state index in [1.165, 1.54) is 218 Å². The molecule has 0 radical (unpaired) electrons. The highest BCUT2D eigenvalue weighted by Crippen LogP contribution is 2.19. The molecule has 0 bridgehead atoms. The molecule has 6 nitrogen and oxygen atoms in total. The fourth-order valence-electron chi connectivity index (χ4n) is 9.32. The first-order valence-corrected chi connectivity index (χ1v) is 30.1. The van der Waals surface area contributed by atoms with Crippen molar-refractivity contribution in [3.63, 3.8) is 0 Å². The normalized spacial score (nSPS) is 12.5. The van der Waals surface area contributed by atoms with E-state index in [4.69, 9.17) is 14.2 Å². The molecule has 0 aliphatic heterocycles. The van der Waals surface area contributed by atoms with Crippen LogP contribution in [0.15, 0.2) is 0 Å². The van der Waals surface area contributed by atoms with E-state index in [2.05, 4.69) is 41.5 Å². The molecule has 0 aliphatic carbocycles. The van der Waals surface area contributed by atoms with Crippen LogP contribution in [0.4, 0.5) is 0 Å². The summed E-state index contributed by atoms with van der Waals surface area (Å²) in [5, 5.41) is 0. The Labute approximate surface area is 418 Å². The Balaban J connectivity index is 4.26. The number of hydrogen-bond acceptors (Lipinski definition) is 6. The molecule has 0 aromatic rings. The SMILES string of the molecule is CCC(C)CCCCCCCCCCCCC(=O)O[C@@H](COC(=O)CCCCCCCCCCCCCCCCCCCCC(C)C)COC(=O)CCCCCCCCCCCCCC(C)C. The minimum Gasteiger partial charge on any atom is -0.462 e. The van der Waals surface area contributed by atoms with E-state index >= 15 is 0 Å². The van der Waals surface area contributed by atoms with Crippen LogP contribution in [0, 0.1) is 17.8 Å². The summed E-state index contributed by atoms with van der Waals surface area (Å²) in [6, 6.07) is 0. The Kier molecular flexibility index (Phi) is 51.0. The lowest BCUT2D eigenvalue weighted by Gasteiger charge is -2.18. The maximum absolute atomic E-state index is 12.9.